The highest BCUT2D eigenvalue weighted by atomic mass is 16.7. The molecule has 2 rings (SSSR count). The SMILES string of the molecule is CC(=O)OC1CC[C@H](OC(=O)c2ccccc2)[C@H](C)O1. The first-order chi connectivity index (χ1) is 9.56. The van der Waals surface area contributed by atoms with Gasteiger partial charge in [0.25, 0.3) is 0 Å². The van der Waals surface area contributed by atoms with Crippen LogP contribution in [0.1, 0.15) is 37.0 Å². The number of benzene rings is 1. The molecule has 1 heterocycles. The minimum absolute atomic E-state index is 0.305. The number of carbonyl (C=O) groups excluding carboxylic acids is 2. The summed E-state index contributed by atoms with van der Waals surface area (Å²) in [6, 6.07) is 8.83. The summed E-state index contributed by atoms with van der Waals surface area (Å²) in [5.74, 6) is -0.737. The molecule has 0 aromatic heterocycles. The van der Waals surface area contributed by atoms with Crippen LogP contribution in [0, 0.1) is 0 Å². The predicted molar refractivity (Wildman–Crippen MR) is 71.0 cm³/mol. The molecule has 1 fully saturated rings. The fraction of sp³-hybridized carbons (Fsp3) is 0.467. The number of carbonyl (C=O) groups is 2. The molecule has 0 spiro atoms. The maximum atomic E-state index is 12.0. The van der Waals surface area contributed by atoms with Crippen LogP contribution in [0.2, 0.25) is 0 Å². The summed E-state index contributed by atoms with van der Waals surface area (Å²) in [5, 5.41) is 0. The van der Waals surface area contributed by atoms with Crippen molar-refractivity contribution in [3.05, 3.63) is 35.9 Å². The predicted octanol–water partition coefficient (Wildman–Crippen LogP) is 2.30. The molecule has 5 heteroatoms. The summed E-state index contributed by atoms with van der Waals surface area (Å²) >= 11 is 0. The van der Waals surface area contributed by atoms with E-state index < -0.39 is 6.29 Å². The van der Waals surface area contributed by atoms with E-state index in [0.717, 1.165) is 0 Å². The lowest BCUT2D eigenvalue weighted by atomic mass is 10.1. The van der Waals surface area contributed by atoms with Crippen LogP contribution in [-0.4, -0.2) is 30.4 Å². The van der Waals surface area contributed by atoms with Crippen LogP contribution < -0.4 is 0 Å². The molecule has 1 aliphatic heterocycles. The van der Waals surface area contributed by atoms with Crippen molar-refractivity contribution in [2.45, 2.75) is 45.2 Å². The lowest BCUT2D eigenvalue weighted by molar-refractivity contribution is -0.216. The number of rotatable bonds is 3. The van der Waals surface area contributed by atoms with Gasteiger partial charge in [-0.05, 0) is 25.5 Å². The normalized spacial score (nSPS) is 25.8. The van der Waals surface area contributed by atoms with Crippen LogP contribution in [0.25, 0.3) is 0 Å². The first-order valence-corrected chi connectivity index (χ1v) is 6.65. The van der Waals surface area contributed by atoms with Crippen LogP contribution in [0.15, 0.2) is 30.3 Å². The average molecular weight is 278 g/mol. The maximum Gasteiger partial charge on any atom is 0.338 e. The van der Waals surface area contributed by atoms with Crippen molar-refractivity contribution in [2.24, 2.45) is 0 Å². The van der Waals surface area contributed by atoms with Crippen molar-refractivity contribution < 1.29 is 23.8 Å². The minimum atomic E-state index is -0.547. The Bertz CT molecular complexity index is 470. The summed E-state index contributed by atoms with van der Waals surface area (Å²) in [6.07, 6.45) is -0.0432. The zero-order chi connectivity index (χ0) is 14.5. The van der Waals surface area contributed by atoms with Crippen molar-refractivity contribution in [1.82, 2.24) is 0 Å². The Hall–Kier alpha value is -1.88. The largest absolute Gasteiger partial charge is 0.456 e. The number of esters is 2. The Morgan fingerprint density at radius 3 is 2.45 bits per heavy atom. The molecule has 1 unspecified atom stereocenters. The number of ether oxygens (including phenoxy) is 3. The fourth-order valence-corrected chi connectivity index (χ4v) is 2.14. The van der Waals surface area contributed by atoms with Crippen molar-refractivity contribution in [1.29, 1.82) is 0 Å². The van der Waals surface area contributed by atoms with Crippen molar-refractivity contribution in [3.8, 4) is 0 Å². The topological polar surface area (TPSA) is 61.8 Å². The van der Waals surface area contributed by atoms with E-state index in [2.05, 4.69) is 0 Å². The molecule has 0 aliphatic carbocycles. The van der Waals surface area contributed by atoms with Crippen molar-refractivity contribution >= 4 is 11.9 Å². The van der Waals surface area contributed by atoms with E-state index in [4.69, 9.17) is 14.2 Å². The van der Waals surface area contributed by atoms with E-state index >= 15 is 0 Å². The fourth-order valence-electron chi connectivity index (χ4n) is 2.14. The van der Waals surface area contributed by atoms with Crippen LogP contribution in [0.3, 0.4) is 0 Å². The van der Waals surface area contributed by atoms with Crippen LogP contribution >= 0.6 is 0 Å². The van der Waals surface area contributed by atoms with E-state index in [0.29, 0.717) is 18.4 Å². The Labute approximate surface area is 117 Å². The molecule has 0 bridgehead atoms. The second-order valence-electron chi connectivity index (χ2n) is 4.77. The van der Waals surface area contributed by atoms with Crippen molar-refractivity contribution in [2.75, 3.05) is 0 Å². The van der Waals surface area contributed by atoms with Gasteiger partial charge in [-0.1, -0.05) is 18.2 Å². The maximum absolute atomic E-state index is 12.0. The molecule has 1 aliphatic rings. The van der Waals surface area contributed by atoms with E-state index in [-0.39, 0.29) is 24.1 Å². The van der Waals surface area contributed by atoms with Gasteiger partial charge >= 0.3 is 11.9 Å². The highest BCUT2D eigenvalue weighted by Gasteiger charge is 2.32. The summed E-state index contributed by atoms with van der Waals surface area (Å²) in [6.45, 7) is 3.15. The van der Waals surface area contributed by atoms with Crippen molar-refractivity contribution in [3.63, 3.8) is 0 Å². The smallest absolute Gasteiger partial charge is 0.338 e. The summed E-state index contributed by atoms with van der Waals surface area (Å²) in [7, 11) is 0. The van der Waals surface area contributed by atoms with Gasteiger partial charge in [-0.3, -0.25) is 4.79 Å². The molecular weight excluding hydrogens is 260 g/mol. The van der Waals surface area contributed by atoms with E-state index in [1.807, 2.05) is 6.07 Å². The van der Waals surface area contributed by atoms with E-state index in [1.54, 1.807) is 31.2 Å². The number of hydrogen-bond acceptors (Lipinski definition) is 5. The van der Waals surface area contributed by atoms with Gasteiger partial charge in [0.05, 0.1) is 11.7 Å². The third-order valence-corrected chi connectivity index (χ3v) is 3.14. The van der Waals surface area contributed by atoms with Crippen LogP contribution in [-0.2, 0) is 19.0 Å². The third-order valence-electron chi connectivity index (χ3n) is 3.14. The van der Waals surface area contributed by atoms with Gasteiger partial charge in [0.15, 0.2) is 0 Å². The Morgan fingerprint density at radius 1 is 1.15 bits per heavy atom. The standard InChI is InChI=1S/C15H18O5/c1-10-13(8-9-14(18-10)19-11(2)16)20-15(17)12-6-4-3-5-7-12/h3-7,10,13-14H,8-9H2,1-2H3/t10-,13-,14?/m0/s1. The van der Waals surface area contributed by atoms with Crippen LogP contribution in [0.4, 0.5) is 0 Å². The van der Waals surface area contributed by atoms with Gasteiger partial charge < -0.3 is 14.2 Å². The summed E-state index contributed by atoms with van der Waals surface area (Å²) in [4.78, 5) is 22.8. The highest BCUT2D eigenvalue weighted by molar-refractivity contribution is 5.89. The lowest BCUT2D eigenvalue weighted by Crippen LogP contribution is -2.41. The van der Waals surface area contributed by atoms with Gasteiger partial charge in [-0.2, -0.15) is 0 Å². The average Bonchev–Trinajstić information content (AvgIpc) is 2.42. The lowest BCUT2D eigenvalue weighted by Gasteiger charge is -2.33. The van der Waals surface area contributed by atoms with Gasteiger partial charge in [-0.25, -0.2) is 4.79 Å². The zero-order valence-corrected chi connectivity index (χ0v) is 11.6. The van der Waals surface area contributed by atoms with Gasteiger partial charge in [0, 0.05) is 13.3 Å². The van der Waals surface area contributed by atoms with Gasteiger partial charge in [-0.15, -0.1) is 0 Å². The second kappa shape index (κ2) is 6.52. The Morgan fingerprint density at radius 2 is 1.85 bits per heavy atom. The number of hydrogen-bond donors (Lipinski definition) is 0. The molecule has 0 amide bonds. The molecule has 3 atom stereocenters. The molecule has 5 nitrogen and oxygen atoms in total. The highest BCUT2D eigenvalue weighted by Crippen LogP contribution is 2.23. The summed E-state index contributed by atoms with van der Waals surface area (Å²) < 4.78 is 16.0. The molecular formula is C15H18O5. The molecule has 108 valence electrons. The molecule has 0 saturated carbocycles. The van der Waals surface area contributed by atoms with E-state index in [1.165, 1.54) is 6.92 Å². The van der Waals surface area contributed by atoms with Gasteiger partial charge in [0.1, 0.15) is 6.10 Å². The Balaban J connectivity index is 1.89. The quantitative estimate of drug-likeness (QED) is 0.794. The minimum Gasteiger partial charge on any atom is -0.456 e. The molecule has 1 aromatic carbocycles. The van der Waals surface area contributed by atoms with E-state index in [9.17, 15) is 9.59 Å². The molecule has 1 aromatic rings. The monoisotopic (exact) mass is 278 g/mol. The third kappa shape index (κ3) is 3.81. The molecule has 20 heavy (non-hydrogen) atoms. The first-order valence-electron chi connectivity index (χ1n) is 6.65. The molecule has 1 saturated heterocycles. The molecule has 0 N–H and O–H groups in total. The van der Waals surface area contributed by atoms with Crippen LogP contribution in [0.5, 0.6) is 0 Å². The summed E-state index contributed by atoms with van der Waals surface area (Å²) in [5.41, 5.74) is 0.516. The first kappa shape index (κ1) is 14.5. The zero-order valence-electron chi connectivity index (χ0n) is 11.6. The Kier molecular flexibility index (Phi) is 4.74. The van der Waals surface area contributed by atoms with Gasteiger partial charge in [0.2, 0.25) is 6.29 Å². The molecule has 0 radical (unpaired) electrons. The second-order valence-corrected chi connectivity index (χ2v) is 4.77.